The van der Waals surface area contributed by atoms with Crippen molar-refractivity contribution in [1.82, 2.24) is 0 Å². The molecule has 0 N–H and O–H groups in total. The van der Waals surface area contributed by atoms with Crippen molar-refractivity contribution in [3.05, 3.63) is 193 Å². The molecule has 53 heavy (non-hydrogen) atoms. The number of benzene rings is 10. The van der Waals surface area contributed by atoms with E-state index in [0.717, 1.165) is 0 Å². The molecule has 0 fully saturated rings. The van der Waals surface area contributed by atoms with Crippen molar-refractivity contribution in [3.8, 4) is 44.5 Å². The Morgan fingerprint density at radius 3 is 1.57 bits per heavy atom. The third kappa shape index (κ3) is 4.71. The molecule has 0 unspecified atom stereocenters. The molecular formula is C52H32O. The van der Waals surface area contributed by atoms with E-state index in [1.54, 1.807) is 0 Å². The van der Waals surface area contributed by atoms with Crippen LogP contribution in [0.4, 0.5) is 0 Å². The molecule has 11 aromatic rings. The standard InChI is InChI=1S/C52H32O/c1-2-13-34(14-3-1)41-22-11-23-46-48-31-37(28-29-49(48)53-52(41)46)40-21-10-16-35-25-27-39(32-47(35)40)51-44-19-8-6-17-42(44)50(43-18-7-9-20-45(43)51)38-26-24-33-12-4-5-15-36(33)30-38/h1-32H/i1D,2D,3D,4D,5D,6D,7D,8D,9D,10D,11D,12D,13D,14D,15D,16D,17D,18D,19D,20D,21D,22D,23D,24D,25D,26D,27D,28D,29D,30D,31D,32D. The molecule has 0 radical (unpaired) electrons. The number of furan rings is 1. The predicted molar refractivity (Wildman–Crippen MR) is 225 cm³/mol. The largest absolute Gasteiger partial charge is 0.455 e. The van der Waals surface area contributed by atoms with E-state index in [4.69, 9.17) is 30.5 Å². The van der Waals surface area contributed by atoms with E-state index in [9.17, 15) is 17.8 Å². The SMILES string of the molecule is [2H]c1c([2H])c([2H])c(-c2c([2H])c([2H])c([2H])c3c2oc2c([2H])c([2H])c(-c4c([2H])c([2H])c([2H])c5c([2H])c([2H])c(-c6c7c([2H])c([2H])c([2H])c([2H])c7c(-c7c([2H])c([2H])c8c([2H])c([2H])c([2H])c([2H])c8c7[2H])c7c([2H])c([2H])c([2H])c([2H])c67)c([2H])c45)c([2H])c23)c([2H])c1[2H]. The van der Waals surface area contributed by atoms with E-state index in [1.807, 2.05) is 0 Å². The maximum Gasteiger partial charge on any atom is 0.143 e. The monoisotopic (exact) mass is 704 g/mol. The van der Waals surface area contributed by atoms with Gasteiger partial charge in [0.2, 0.25) is 0 Å². The lowest BCUT2D eigenvalue weighted by Gasteiger charge is -2.18. The summed E-state index contributed by atoms with van der Waals surface area (Å²) in [5.41, 5.74) is -7.83. The van der Waals surface area contributed by atoms with Crippen LogP contribution in [-0.2, 0) is 0 Å². The van der Waals surface area contributed by atoms with E-state index in [-0.39, 0.29) is 0 Å². The quantitative estimate of drug-likeness (QED) is 0.166. The molecule has 0 aliphatic heterocycles. The minimum Gasteiger partial charge on any atom is -0.455 e. The Hall–Kier alpha value is -6.96. The molecule has 0 spiro atoms. The highest BCUT2D eigenvalue weighted by atomic mass is 16.3. The van der Waals surface area contributed by atoms with Crippen molar-refractivity contribution in [3.63, 3.8) is 0 Å². The van der Waals surface area contributed by atoms with Crippen LogP contribution < -0.4 is 0 Å². The summed E-state index contributed by atoms with van der Waals surface area (Å²) in [4.78, 5) is 0. The summed E-state index contributed by atoms with van der Waals surface area (Å²) in [6, 6.07) is -31.3. The van der Waals surface area contributed by atoms with Gasteiger partial charge in [-0.15, -0.1) is 0 Å². The summed E-state index contributed by atoms with van der Waals surface area (Å²) < 4.78 is 297. The van der Waals surface area contributed by atoms with Gasteiger partial charge in [-0.2, -0.15) is 0 Å². The van der Waals surface area contributed by atoms with Gasteiger partial charge in [-0.25, -0.2) is 0 Å². The minimum absolute atomic E-state index is 0.588. The Kier molecular flexibility index (Phi) is 2.68. The van der Waals surface area contributed by atoms with Crippen LogP contribution in [-0.4, -0.2) is 0 Å². The Bertz CT molecular complexity index is 4970. The van der Waals surface area contributed by atoms with Gasteiger partial charge >= 0.3 is 0 Å². The predicted octanol–water partition coefficient (Wildman–Crippen LogP) is 14.9. The third-order valence-electron chi connectivity index (χ3n) is 8.62. The Labute approximate surface area is 352 Å². The van der Waals surface area contributed by atoms with E-state index >= 15 is 0 Å². The molecule has 246 valence electrons. The zero-order valence-corrected chi connectivity index (χ0v) is 26.4. The lowest BCUT2D eigenvalue weighted by molar-refractivity contribution is 0.670. The van der Waals surface area contributed by atoms with Gasteiger partial charge in [0.15, 0.2) is 0 Å². The Balaban J connectivity index is 1.38. The molecule has 10 aromatic carbocycles. The van der Waals surface area contributed by atoms with Crippen LogP contribution in [0.25, 0.3) is 110 Å². The first kappa shape index (κ1) is 12.0. The van der Waals surface area contributed by atoms with Gasteiger partial charge in [-0.05, 0) is 106 Å². The lowest BCUT2D eigenvalue weighted by Crippen LogP contribution is -1.91. The van der Waals surface area contributed by atoms with E-state index < -0.39 is 303 Å². The fourth-order valence-corrected chi connectivity index (χ4v) is 6.35. The summed E-state index contributed by atoms with van der Waals surface area (Å²) in [6.07, 6.45) is 0. The fraction of sp³-hybridized carbons (Fsp3) is 0. The van der Waals surface area contributed by atoms with Gasteiger partial charge < -0.3 is 4.42 Å². The summed E-state index contributed by atoms with van der Waals surface area (Å²) in [7, 11) is 0. The molecule has 0 saturated carbocycles. The molecule has 0 saturated heterocycles. The zero-order valence-electron chi connectivity index (χ0n) is 58.4. The molecule has 11 rings (SSSR count). The smallest absolute Gasteiger partial charge is 0.143 e. The van der Waals surface area contributed by atoms with Crippen molar-refractivity contribution >= 4 is 65.0 Å². The molecule has 1 heteroatoms. The highest BCUT2D eigenvalue weighted by Gasteiger charge is 2.18. The average molecular weight is 705 g/mol. The van der Waals surface area contributed by atoms with Crippen molar-refractivity contribution < 1.29 is 48.3 Å². The molecule has 0 bridgehead atoms. The number of hydrogen-bond acceptors (Lipinski definition) is 1. The molecular weight excluding hydrogens is 641 g/mol. The lowest BCUT2D eigenvalue weighted by atomic mass is 9.85. The van der Waals surface area contributed by atoms with E-state index in [2.05, 4.69) is 0 Å². The molecule has 1 heterocycles. The maximum atomic E-state index is 10.2. The van der Waals surface area contributed by atoms with Crippen molar-refractivity contribution in [2.45, 2.75) is 0 Å². The molecule has 0 aliphatic carbocycles. The van der Waals surface area contributed by atoms with Crippen molar-refractivity contribution in [2.24, 2.45) is 0 Å². The molecule has 1 aromatic heterocycles. The third-order valence-corrected chi connectivity index (χ3v) is 8.62. The summed E-state index contributed by atoms with van der Waals surface area (Å²) in [5.74, 6) is 0. The van der Waals surface area contributed by atoms with Crippen LogP contribution in [0.1, 0.15) is 43.9 Å². The van der Waals surface area contributed by atoms with Gasteiger partial charge in [0.1, 0.15) is 11.2 Å². The van der Waals surface area contributed by atoms with Gasteiger partial charge in [0.25, 0.3) is 0 Å². The molecule has 0 aliphatic rings. The summed E-state index contributed by atoms with van der Waals surface area (Å²) in [5, 5.41) is -7.38. The highest BCUT2D eigenvalue weighted by Crippen LogP contribution is 2.45. The topological polar surface area (TPSA) is 13.1 Å². The van der Waals surface area contributed by atoms with E-state index in [1.165, 1.54) is 0 Å². The first-order chi connectivity index (χ1) is 39.6. The second-order valence-corrected chi connectivity index (χ2v) is 11.5. The Morgan fingerprint density at radius 1 is 0.302 bits per heavy atom. The first-order valence-electron chi connectivity index (χ1n) is 31.7. The van der Waals surface area contributed by atoms with Crippen molar-refractivity contribution in [1.29, 1.82) is 0 Å². The van der Waals surface area contributed by atoms with Crippen LogP contribution in [0, 0.1) is 0 Å². The minimum atomic E-state index is -1.12. The number of rotatable bonds is 4. The van der Waals surface area contributed by atoms with Crippen LogP contribution >= 0.6 is 0 Å². The molecule has 0 atom stereocenters. The van der Waals surface area contributed by atoms with Gasteiger partial charge in [0.05, 0.1) is 43.9 Å². The second-order valence-electron chi connectivity index (χ2n) is 11.5. The van der Waals surface area contributed by atoms with Crippen LogP contribution in [0.15, 0.2) is 198 Å². The van der Waals surface area contributed by atoms with Crippen molar-refractivity contribution in [2.75, 3.05) is 0 Å². The highest BCUT2D eigenvalue weighted by molar-refractivity contribution is 6.22. The number of fused-ring (bicyclic) bond motifs is 7. The fourth-order valence-electron chi connectivity index (χ4n) is 6.35. The summed E-state index contributed by atoms with van der Waals surface area (Å²) >= 11 is 0. The van der Waals surface area contributed by atoms with E-state index in [0.29, 0.717) is 0 Å². The second kappa shape index (κ2) is 11.8. The van der Waals surface area contributed by atoms with Crippen LogP contribution in [0.2, 0.25) is 0 Å². The average Bonchev–Trinajstić information content (AvgIpc) is 1.26. The van der Waals surface area contributed by atoms with Gasteiger partial charge in [0, 0.05) is 16.3 Å². The maximum absolute atomic E-state index is 10.2. The van der Waals surface area contributed by atoms with Crippen LogP contribution in [0.3, 0.4) is 0 Å². The van der Waals surface area contributed by atoms with Crippen LogP contribution in [0.5, 0.6) is 0 Å². The first-order valence-corrected chi connectivity index (χ1v) is 15.7. The van der Waals surface area contributed by atoms with Gasteiger partial charge in [-0.3, -0.25) is 0 Å². The Morgan fingerprint density at radius 2 is 0.830 bits per heavy atom. The zero-order chi connectivity index (χ0) is 62.7. The summed E-state index contributed by atoms with van der Waals surface area (Å²) in [6.45, 7) is 0. The number of para-hydroxylation sites is 1. The normalized spacial score (nSPS) is 20.2. The molecule has 1 nitrogen and oxygen atoms in total. The molecule has 0 amide bonds. The van der Waals surface area contributed by atoms with Gasteiger partial charge in [-0.1, -0.05) is 169 Å². The number of hydrogen-bond donors (Lipinski definition) is 0.